The van der Waals surface area contributed by atoms with E-state index in [0.29, 0.717) is 5.92 Å². The largest absolute Gasteiger partial charge is 0.464 e. The molecule has 1 aromatic carbocycles. The fourth-order valence-electron chi connectivity index (χ4n) is 3.20. The molecule has 1 saturated carbocycles. The summed E-state index contributed by atoms with van der Waals surface area (Å²) in [7, 11) is 1.93. The predicted octanol–water partition coefficient (Wildman–Crippen LogP) is 3.03. The highest BCUT2D eigenvalue weighted by molar-refractivity contribution is 5.77. The van der Waals surface area contributed by atoms with Crippen molar-refractivity contribution in [2.45, 2.75) is 37.8 Å². The molecule has 2 N–H and O–H groups in total. The fourth-order valence-corrected chi connectivity index (χ4v) is 3.20. The Labute approximate surface area is 113 Å². The maximum Gasteiger partial charge on any atom is 0.134 e. The SMILES string of the molecule is CNC(C1CCC1)C(C)(O)c1ccc2ccoc2c1. The summed E-state index contributed by atoms with van der Waals surface area (Å²) in [6, 6.07) is 8.00. The van der Waals surface area contributed by atoms with Gasteiger partial charge in [-0.1, -0.05) is 18.6 Å². The van der Waals surface area contributed by atoms with Gasteiger partial charge in [-0.3, -0.25) is 0 Å². The molecule has 0 bridgehead atoms. The highest BCUT2D eigenvalue weighted by atomic mass is 16.3. The third-order valence-electron chi connectivity index (χ3n) is 4.58. The van der Waals surface area contributed by atoms with Crippen LogP contribution in [0, 0.1) is 5.92 Å². The van der Waals surface area contributed by atoms with Crippen molar-refractivity contribution in [2.24, 2.45) is 5.92 Å². The van der Waals surface area contributed by atoms with E-state index >= 15 is 0 Å². The first-order valence-corrected chi connectivity index (χ1v) is 7.00. The Morgan fingerprint density at radius 1 is 1.37 bits per heavy atom. The monoisotopic (exact) mass is 259 g/mol. The van der Waals surface area contributed by atoms with Crippen LogP contribution in [0.1, 0.15) is 31.7 Å². The molecule has 1 aromatic heterocycles. The average Bonchev–Trinajstić information content (AvgIpc) is 2.80. The van der Waals surface area contributed by atoms with Gasteiger partial charge < -0.3 is 14.8 Å². The van der Waals surface area contributed by atoms with E-state index in [0.717, 1.165) is 16.5 Å². The minimum Gasteiger partial charge on any atom is -0.464 e. The van der Waals surface area contributed by atoms with E-state index in [1.54, 1.807) is 6.26 Å². The summed E-state index contributed by atoms with van der Waals surface area (Å²) in [4.78, 5) is 0. The minimum absolute atomic E-state index is 0.0914. The van der Waals surface area contributed by atoms with Gasteiger partial charge in [-0.2, -0.15) is 0 Å². The van der Waals surface area contributed by atoms with Crippen molar-refractivity contribution in [3.8, 4) is 0 Å². The molecule has 1 fully saturated rings. The summed E-state index contributed by atoms with van der Waals surface area (Å²) in [5.41, 5.74) is 0.878. The third-order valence-corrected chi connectivity index (χ3v) is 4.58. The Kier molecular flexibility index (Phi) is 3.11. The standard InChI is InChI=1S/C16H21NO2/c1-16(18,15(17-2)12-4-3-5-12)13-7-6-11-8-9-19-14(11)10-13/h6-10,12,15,17-18H,3-5H2,1-2H3. The first kappa shape index (κ1) is 12.7. The molecule has 0 spiro atoms. The van der Waals surface area contributed by atoms with Gasteiger partial charge in [0.05, 0.1) is 6.26 Å². The van der Waals surface area contributed by atoms with Crippen LogP contribution in [0.25, 0.3) is 11.0 Å². The number of likely N-dealkylation sites (N-methyl/N-ethyl adjacent to an activating group) is 1. The van der Waals surface area contributed by atoms with E-state index < -0.39 is 5.60 Å². The van der Waals surface area contributed by atoms with Gasteiger partial charge >= 0.3 is 0 Å². The Balaban J connectivity index is 1.96. The zero-order chi connectivity index (χ0) is 13.5. The van der Waals surface area contributed by atoms with Crippen LogP contribution >= 0.6 is 0 Å². The van der Waals surface area contributed by atoms with Crippen molar-refractivity contribution in [1.29, 1.82) is 0 Å². The summed E-state index contributed by atoms with van der Waals surface area (Å²) >= 11 is 0. The number of rotatable bonds is 4. The fraction of sp³-hybridized carbons (Fsp3) is 0.500. The number of furan rings is 1. The van der Waals surface area contributed by atoms with E-state index in [2.05, 4.69) is 5.32 Å². The molecule has 1 heterocycles. The lowest BCUT2D eigenvalue weighted by molar-refractivity contribution is -0.0199. The van der Waals surface area contributed by atoms with Crippen molar-refractivity contribution in [1.82, 2.24) is 5.32 Å². The average molecular weight is 259 g/mol. The second kappa shape index (κ2) is 4.66. The first-order valence-electron chi connectivity index (χ1n) is 7.00. The molecule has 3 nitrogen and oxygen atoms in total. The van der Waals surface area contributed by atoms with Gasteiger partial charge in [-0.25, -0.2) is 0 Å². The Bertz CT molecular complexity index is 569. The van der Waals surface area contributed by atoms with Crippen LogP contribution in [0.5, 0.6) is 0 Å². The number of fused-ring (bicyclic) bond motifs is 1. The quantitative estimate of drug-likeness (QED) is 0.887. The predicted molar refractivity (Wildman–Crippen MR) is 76.0 cm³/mol. The van der Waals surface area contributed by atoms with Crippen LogP contribution < -0.4 is 5.32 Å². The van der Waals surface area contributed by atoms with Crippen LogP contribution in [-0.4, -0.2) is 18.2 Å². The molecule has 3 heteroatoms. The smallest absolute Gasteiger partial charge is 0.134 e. The number of hydrogen-bond donors (Lipinski definition) is 2. The third kappa shape index (κ3) is 2.07. The van der Waals surface area contributed by atoms with Crippen molar-refractivity contribution >= 4 is 11.0 Å². The van der Waals surface area contributed by atoms with Crippen LogP contribution in [0.4, 0.5) is 0 Å². The molecule has 102 valence electrons. The molecule has 0 aliphatic heterocycles. The summed E-state index contributed by atoms with van der Waals surface area (Å²) in [5.74, 6) is 0.562. The van der Waals surface area contributed by atoms with Crippen molar-refractivity contribution in [3.05, 3.63) is 36.1 Å². The molecular weight excluding hydrogens is 238 g/mol. The van der Waals surface area contributed by atoms with Crippen molar-refractivity contribution in [3.63, 3.8) is 0 Å². The van der Waals surface area contributed by atoms with Crippen LogP contribution in [-0.2, 0) is 5.60 Å². The molecule has 0 amide bonds. The second-order valence-corrected chi connectivity index (χ2v) is 5.78. The first-order chi connectivity index (χ1) is 9.13. The van der Waals surface area contributed by atoms with Gasteiger partial charge in [-0.15, -0.1) is 0 Å². The van der Waals surface area contributed by atoms with Crippen molar-refractivity contribution < 1.29 is 9.52 Å². The number of hydrogen-bond acceptors (Lipinski definition) is 3. The van der Waals surface area contributed by atoms with E-state index in [1.165, 1.54) is 19.3 Å². The molecule has 19 heavy (non-hydrogen) atoms. The molecule has 2 unspecified atom stereocenters. The lowest BCUT2D eigenvalue weighted by atomic mass is 9.71. The molecule has 1 aliphatic carbocycles. The topological polar surface area (TPSA) is 45.4 Å². The van der Waals surface area contributed by atoms with E-state index in [1.807, 2.05) is 38.2 Å². The Hall–Kier alpha value is -1.32. The highest BCUT2D eigenvalue weighted by Gasteiger charge is 2.40. The number of nitrogens with one attached hydrogen (secondary N) is 1. The van der Waals surface area contributed by atoms with Gasteiger partial charge in [0.15, 0.2) is 0 Å². The van der Waals surface area contributed by atoms with Gasteiger partial charge in [0, 0.05) is 11.4 Å². The van der Waals surface area contributed by atoms with Crippen LogP contribution in [0.15, 0.2) is 34.9 Å². The molecular formula is C16H21NO2. The van der Waals surface area contributed by atoms with Crippen molar-refractivity contribution in [2.75, 3.05) is 7.05 Å². The summed E-state index contributed by atoms with van der Waals surface area (Å²) < 4.78 is 5.44. The Morgan fingerprint density at radius 2 is 2.16 bits per heavy atom. The molecule has 0 radical (unpaired) electrons. The van der Waals surface area contributed by atoms with E-state index in [-0.39, 0.29) is 6.04 Å². The molecule has 2 aromatic rings. The van der Waals surface area contributed by atoms with Gasteiger partial charge in [0.25, 0.3) is 0 Å². The maximum atomic E-state index is 11.0. The molecule has 2 atom stereocenters. The van der Waals surface area contributed by atoms with Gasteiger partial charge in [-0.05, 0) is 50.4 Å². The lowest BCUT2D eigenvalue weighted by Crippen LogP contribution is -2.51. The number of aliphatic hydroxyl groups is 1. The molecule has 0 saturated heterocycles. The zero-order valence-corrected chi connectivity index (χ0v) is 11.5. The number of benzene rings is 1. The van der Waals surface area contributed by atoms with E-state index in [9.17, 15) is 5.11 Å². The second-order valence-electron chi connectivity index (χ2n) is 5.78. The van der Waals surface area contributed by atoms with Crippen LogP contribution in [0.2, 0.25) is 0 Å². The zero-order valence-electron chi connectivity index (χ0n) is 11.5. The highest BCUT2D eigenvalue weighted by Crippen LogP contribution is 2.38. The lowest BCUT2D eigenvalue weighted by Gasteiger charge is -2.42. The summed E-state index contributed by atoms with van der Waals surface area (Å²) in [5, 5.41) is 15.4. The van der Waals surface area contributed by atoms with Crippen LogP contribution in [0.3, 0.4) is 0 Å². The molecule has 3 rings (SSSR count). The van der Waals surface area contributed by atoms with E-state index in [4.69, 9.17) is 4.42 Å². The maximum absolute atomic E-state index is 11.0. The Morgan fingerprint density at radius 3 is 2.79 bits per heavy atom. The van der Waals surface area contributed by atoms with Gasteiger partial charge in [0.1, 0.15) is 11.2 Å². The summed E-state index contributed by atoms with van der Waals surface area (Å²) in [6.45, 7) is 1.90. The van der Waals surface area contributed by atoms with Gasteiger partial charge in [0.2, 0.25) is 0 Å². The molecule has 1 aliphatic rings. The summed E-state index contributed by atoms with van der Waals surface area (Å²) in [6.07, 6.45) is 5.36. The minimum atomic E-state index is -0.874. The normalized spacial score (nSPS) is 21.0.